The van der Waals surface area contributed by atoms with Crippen molar-refractivity contribution in [1.29, 1.82) is 0 Å². The van der Waals surface area contributed by atoms with Crippen molar-refractivity contribution in [3.05, 3.63) is 36.2 Å². The van der Waals surface area contributed by atoms with Gasteiger partial charge in [0.15, 0.2) is 15.6 Å². The summed E-state index contributed by atoms with van der Waals surface area (Å²) in [5.74, 6) is -1.81. The van der Waals surface area contributed by atoms with E-state index in [2.05, 4.69) is 0 Å². The lowest BCUT2D eigenvalue weighted by molar-refractivity contribution is -0.143. The van der Waals surface area contributed by atoms with Crippen LogP contribution in [0.2, 0.25) is 0 Å². The van der Waals surface area contributed by atoms with Crippen LogP contribution in [0.4, 0.5) is 0 Å². The van der Waals surface area contributed by atoms with Gasteiger partial charge in [0.2, 0.25) is 0 Å². The van der Waals surface area contributed by atoms with E-state index in [1.807, 2.05) is 0 Å². The highest BCUT2D eigenvalue weighted by Gasteiger charge is 2.45. The average Bonchev–Trinajstić information content (AvgIpc) is 3.19. The molecule has 1 fully saturated rings. The molecule has 1 aromatic rings. The fourth-order valence-electron chi connectivity index (χ4n) is 3.12. The van der Waals surface area contributed by atoms with Crippen molar-refractivity contribution in [2.45, 2.75) is 36.7 Å². The first-order valence-corrected chi connectivity index (χ1v) is 9.67. The van der Waals surface area contributed by atoms with Crippen LogP contribution in [0.1, 0.15) is 19.8 Å². The van der Waals surface area contributed by atoms with E-state index < -0.39 is 26.8 Å². The molecule has 2 aliphatic rings. The summed E-state index contributed by atoms with van der Waals surface area (Å²) in [4.78, 5) is 12.3. The Morgan fingerprint density at radius 3 is 2.62 bits per heavy atom. The van der Waals surface area contributed by atoms with E-state index >= 15 is 0 Å². The van der Waals surface area contributed by atoms with Crippen LogP contribution in [0, 0.1) is 0 Å². The van der Waals surface area contributed by atoms with Gasteiger partial charge in [0.25, 0.3) is 0 Å². The third-order valence-electron chi connectivity index (χ3n) is 4.19. The molecular formula is C16H21NO6S. The largest absolute Gasteiger partial charge is 0.463 e. The van der Waals surface area contributed by atoms with Crippen LogP contribution in [0.15, 0.2) is 36.2 Å². The monoisotopic (exact) mass is 355 g/mol. The van der Waals surface area contributed by atoms with Crippen LogP contribution >= 0.6 is 0 Å². The molecule has 0 radical (unpaired) electrons. The third-order valence-corrected chi connectivity index (χ3v) is 6.21. The summed E-state index contributed by atoms with van der Waals surface area (Å²) in [6, 6.07) is 3.52. The van der Waals surface area contributed by atoms with Gasteiger partial charge in [0.05, 0.1) is 30.6 Å². The predicted octanol–water partition coefficient (Wildman–Crippen LogP) is 1.26. The molecule has 3 rings (SSSR count). The molecule has 1 spiro atoms. The fraction of sp³-hybridized carbons (Fsp3) is 0.562. The zero-order chi connectivity index (χ0) is 17.2. The van der Waals surface area contributed by atoms with E-state index in [4.69, 9.17) is 14.2 Å². The summed E-state index contributed by atoms with van der Waals surface area (Å²) in [6.45, 7) is 2.71. The van der Waals surface area contributed by atoms with Gasteiger partial charge in [0.1, 0.15) is 5.88 Å². The SMILES string of the molecule is CCOC(=O)C1=CC2(CCC1S(=O)(=O)Cn1cccc1)OCCO2. The van der Waals surface area contributed by atoms with Gasteiger partial charge in [-0.15, -0.1) is 0 Å². The van der Waals surface area contributed by atoms with Crippen molar-refractivity contribution < 1.29 is 27.4 Å². The number of carbonyl (C=O) groups is 1. The van der Waals surface area contributed by atoms with Gasteiger partial charge in [-0.05, 0) is 31.6 Å². The number of nitrogens with zero attached hydrogens (tertiary/aromatic N) is 1. The lowest BCUT2D eigenvalue weighted by Gasteiger charge is -2.33. The summed E-state index contributed by atoms with van der Waals surface area (Å²) >= 11 is 0. The second kappa shape index (κ2) is 6.70. The van der Waals surface area contributed by atoms with Crippen LogP contribution < -0.4 is 0 Å². The fourth-order valence-corrected chi connectivity index (χ4v) is 4.92. The van der Waals surface area contributed by atoms with Crippen molar-refractivity contribution in [3.8, 4) is 0 Å². The Labute approximate surface area is 141 Å². The molecule has 0 saturated carbocycles. The molecule has 0 bridgehead atoms. The van der Waals surface area contributed by atoms with Gasteiger partial charge in [0, 0.05) is 18.8 Å². The second-order valence-electron chi connectivity index (χ2n) is 5.85. The molecule has 1 aliphatic heterocycles. The zero-order valence-electron chi connectivity index (χ0n) is 13.5. The molecule has 0 N–H and O–H groups in total. The van der Waals surface area contributed by atoms with Gasteiger partial charge in [-0.2, -0.15) is 0 Å². The highest BCUT2D eigenvalue weighted by Crippen LogP contribution is 2.37. The standard InChI is InChI=1S/C16H21NO6S/c1-2-21-15(18)13-11-16(22-9-10-23-16)6-5-14(13)24(19,20)12-17-7-3-4-8-17/h3-4,7-8,11,14H,2,5-6,9-10,12H2,1H3. The zero-order valence-corrected chi connectivity index (χ0v) is 14.3. The highest BCUT2D eigenvalue weighted by atomic mass is 32.2. The minimum Gasteiger partial charge on any atom is -0.463 e. The van der Waals surface area contributed by atoms with E-state index in [-0.39, 0.29) is 24.5 Å². The number of carbonyl (C=O) groups excluding carboxylic acids is 1. The molecule has 132 valence electrons. The Bertz CT molecular complexity index is 716. The number of ether oxygens (including phenoxy) is 3. The van der Waals surface area contributed by atoms with Gasteiger partial charge in [-0.25, -0.2) is 13.2 Å². The van der Waals surface area contributed by atoms with E-state index in [9.17, 15) is 13.2 Å². The molecule has 0 aromatic carbocycles. The van der Waals surface area contributed by atoms with Crippen LogP contribution in [0.3, 0.4) is 0 Å². The van der Waals surface area contributed by atoms with E-state index in [1.54, 1.807) is 36.0 Å². The molecule has 1 atom stereocenters. The Morgan fingerprint density at radius 2 is 2.00 bits per heavy atom. The Hall–Kier alpha value is -1.64. The maximum Gasteiger partial charge on any atom is 0.335 e. The minimum absolute atomic E-state index is 0.108. The van der Waals surface area contributed by atoms with Crippen molar-refractivity contribution in [1.82, 2.24) is 4.57 Å². The van der Waals surface area contributed by atoms with Crippen molar-refractivity contribution in [2.24, 2.45) is 0 Å². The Balaban J connectivity index is 1.92. The minimum atomic E-state index is -3.58. The first kappa shape index (κ1) is 17.2. The molecule has 7 nitrogen and oxygen atoms in total. The number of aromatic nitrogens is 1. The van der Waals surface area contributed by atoms with Gasteiger partial charge >= 0.3 is 5.97 Å². The van der Waals surface area contributed by atoms with Crippen molar-refractivity contribution in [2.75, 3.05) is 19.8 Å². The average molecular weight is 355 g/mol. The summed E-state index contributed by atoms with van der Waals surface area (Å²) in [5.41, 5.74) is 0.108. The number of sulfone groups is 1. The molecule has 0 amide bonds. The first-order chi connectivity index (χ1) is 11.5. The number of esters is 1. The molecule has 1 saturated heterocycles. The van der Waals surface area contributed by atoms with Gasteiger partial charge in [-0.3, -0.25) is 0 Å². The topological polar surface area (TPSA) is 83.8 Å². The lowest BCUT2D eigenvalue weighted by atomic mass is 9.94. The number of rotatable bonds is 5. The molecule has 24 heavy (non-hydrogen) atoms. The Morgan fingerprint density at radius 1 is 1.33 bits per heavy atom. The summed E-state index contributed by atoms with van der Waals surface area (Å²) in [7, 11) is -3.58. The number of hydrogen-bond donors (Lipinski definition) is 0. The van der Waals surface area contributed by atoms with Crippen LogP contribution in [-0.4, -0.2) is 49.8 Å². The van der Waals surface area contributed by atoms with Crippen LogP contribution in [-0.2, 0) is 34.7 Å². The smallest absolute Gasteiger partial charge is 0.335 e. The van der Waals surface area contributed by atoms with E-state index in [0.29, 0.717) is 19.6 Å². The van der Waals surface area contributed by atoms with Crippen molar-refractivity contribution in [3.63, 3.8) is 0 Å². The number of hydrogen-bond acceptors (Lipinski definition) is 6. The lowest BCUT2D eigenvalue weighted by Crippen LogP contribution is -2.41. The first-order valence-electron chi connectivity index (χ1n) is 7.96. The quantitative estimate of drug-likeness (QED) is 0.739. The van der Waals surface area contributed by atoms with E-state index in [0.717, 1.165) is 0 Å². The maximum absolute atomic E-state index is 12.8. The highest BCUT2D eigenvalue weighted by molar-refractivity contribution is 7.91. The summed E-state index contributed by atoms with van der Waals surface area (Å²) < 4.78 is 43.5. The molecule has 1 aromatic heterocycles. The van der Waals surface area contributed by atoms with Gasteiger partial charge < -0.3 is 18.8 Å². The van der Waals surface area contributed by atoms with Gasteiger partial charge in [-0.1, -0.05) is 0 Å². The third kappa shape index (κ3) is 3.40. The molecule has 1 unspecified atom stereocenters. The molecule has 1 aliphatic carbocycles. The summed E-state index contributed by atoms with van der Waals surface area (Å²) in [5, 5.41) is -0.919. The Kier molecular flexibility index (Phi) is 4.80. The van der Waals surface area contributed by atoms with Crippen molar-refractivity contribution >= 4 is 15.8 Å². The predicted molar refractivity (Wildman–Crippen MR) is 85.7 cm³/mol. The molecular weight excluding hydrogens is 334 g/mol. The molecule has 2 heterocycles. The van der Waals surface area contributed by atoms with E-state index in [1.165, 1.54) is 6.08 Å². The molecule has 8 heteroatoms. The normalized spacial score (nSPS) is 23.2. The van der Waals surface area contributed by atoms with Crippen LogP contribution in [0.25, 0.3) is 0 Å². The van der Waals surface area contributed by atoms with Crippen LogP contribution in [0.5, 0.6) is 0 Å². The maximum atomic E-state index is 12.8. The second-order valence-corrected chi connectivity index (χ2v) is 8.00. The summed E-state index contributed by atoms with van der Waals surface area (Å²) in [6.07, 6.45) is 5.51.